The Morgan fingerprint density at radius 2 is 2.12 bits per heavy atom. The van der Waals surface area contributed by atoms with Crippen molar-refractivity contribution in [2.75, 3.05) is 6.61 Å². The fourth-order valence-electron chi connectivity index (χ4n) is 1.08. The Balaban J connectivity index is 2.41. The van der Waals surface area contributed by atoms with Crippen molar-refractivity contribution in [3.8, 4) is 0 Å². The molecule has 1 aromatic rings. The fraction of sp³-hybridized carbons (Fsp3) is 0.154. The first kappa shape index (κ1) is 12.2. The average molecular weight is 218 g/mol. The molecule has 3 heteroatoms. The molecule has 0 radical (unpaired) electrons. The highest BCUT2D eigenvalue weighted by atomic mass is 16.5. The summed E-state index contributed by atoms with van der Waals surface area (Å²) in [6, 6.07) is 8.65. The Bertz CT molecular complexity index is 368. The van der Waals surface area contributed by atoms with Crippen molar-refractivity contribution in [1.29, 1.82) is 0 Å². The highest BCUT2D eigenvalue weighted by Gasteiger charge is 2.07. The molecule has 1 unspecified atom stereocenters. The first-order chi connectivity index (χ1) is 7.74. The quantitative estimate of drug-likeness (QED) is 0.607. The monoisotopic (exact) mass is 218 g/mol. The number of ether oxygens (including phenoxy) is 1. The van der Waals surface area contributed by atoms with Crippen molar-refractivity contribution >= 4 is 5.97 Å². The van der Waals surface area contributed by atoms with Gasteiger partial charge < -0.3 is 9.84 Å². The minimum atomic E-state index is -0.800. The number of carbonyl (C=O) groups excluding carboxylic acids is 1. The number of aliphatic hydroxyl groups is 1. The molecule has 0 bridgehead atoms. The molecule has 0 aliphatic rings. The number of benzene rings is 1. The van der Waals surface area contributed by atoms with Crippen molar-refractivity contribution in [1.82, 2.24) is 0 Å². The van der Waals surface area contributed by atoms with Gasteiger partial charge in [-0.25, -0.2) is 4.79 Å². The topological polar surface area (TPSA) is 46.5 Å². The number of allylic oxidation sites excluding steroid dienone is 2. The van der Waals surface area contributed by atoms with Crippen LogP contribution in [0, 0.1) is 0 Å². The molecule has 1 rings (SSSR count). The van der Waals surface area contributed by atoms with Crippen LogP contribution < -0.4 is 0 Å². The van der Waals surface area contributed by atoms with Crippen LogP contribution in [0.25, 0.3) is 0 Å². The lowest BCUT2D eigenvalue weighted by molar-refractivity contribution is 0.0344. The lowest BCUT2D eigenvalue weighted by Gasteiger charge is -2.07. The highest BCUT2D eigenvalue weighted by Crippen LogP contribution is 2.01. The van der Waals surface area contributed by atoms with E-state index in [1.165, 1.54) is 6.08 Å². The zero-order chi connectivity index (χ0) is 11.8. The largest absolute Gasteiger partial charge is 0.459 e. The van der Waals surface area contributed by atoms with Gasteiger partial charge >= 0.3 is 5.97 Å². The molecule has 0 aromatic heterocycles. The third kappa shape index (κ3) is 4.11. The molecule has 0 saturated heterocycles. The van der Waals surface area contributed by atoms with E-state index in [-0.39, 0.29) is 6.61 Å². The number of esters is 1. The van der Waals surface area contributed by atoms with Crippen LogP contribution in [0.15, 0.2) is 55.1 Å². The van der Waals surface area contributed by atoms with Gasteiger partial charge in [0.25, 0.3) is 0 Å². The summed E-state index contributed by atoms with van der Waals surface area (Å²) in [4.78, 5) is 11.4. The van der Waals surface area contributed by atoms with Crippen molar-refractivity contribution in [2.45, 2.75) is 6.10 Å². The van der Waals surface area contributed by atoms with Crippen LogP contribution in [0.3, 0.4) is 0 Å². The Morgan fingerprint density at radius 1 is 1.44 bits per heavy atom. The zero-order valence-electron chi connectivity index (χ0n) is 8.87. The maximum absolute atomic E-state index is 11.4. The van der Waals surface area contributed by atoms with Crippen molar-refractivity contribution in [3.05, 3.63) is 60.7 Å². The van der Waals surface area contributed by atoms with Crippen LogP contribution in [-0.4, -0.2) is 23.8 Å². The van der Waals surface area contributed by atoms with Gasteiger partial charge in [-0.2, -0.15) is 0 Å². The smallest absolute Gasteiger partial charge is 0.338 e. The first-order valence-electron chi connectivity index (χ1n) is 4.93. The summed E-state index contributed by atoms with van der Waals surface area (Å²) in [6.45, 7) is 3.41. The SMILES string of the molecule is C=CC=CC(O)COC(=O)c1ccccc1. The normalized spacial score (nSPS) is 12.3. The Labute approximate surface area is 94.7 Å². The first-order valence-corrected chi connectivity index (χ1v) is 4.93. The number of rotatable bonds is 5. The van der Waals surface area contributed by atoms with E-state index in [1.807, 2.05) is 6.07 Å². The third-order valence-corrected chi connectivity index (χ3v) is 1.86. The molecule has 0 aliphatic heterocycles. The standard InChI is InChI=1S/C13H14O3/c1-2-3-9-12(14)10-16-13(15)11-7-5-4-6-8-11/h2-9,12,14H,1,10H2. The van der Waals surface area contributed by atoms with Crippen LogP contribution in [-0.2, 0) is 4.74 Å². The molecule has 0 spiro atoms. The second kappa shape index (κ2) is 6.58. The predicted molar refractivity (Wildman–Crippen MR) is 62.1 cm³/mol. The maximum Gasteiger partial charge on any atom is 0.338 e. The zero-order valence-corrected chi connectivity index (χ0v) is 8.87. The van der Waals surface area contributed by atoms with Gasteiger partial charge in [-0.15, -0.1) is 0 Å². The molecule has 1 aromatic carbocycles. The summed E-state index contributed by atoms with van der Waals surface area (Å²) in [6.07, 6.45) is 3.85. The Hall–Kier alpha value is -1.87. The van der Waals surface area contributed by atoms with Crippen LogP contribution in [0.5, 0.6) is 0 Å². The maximum atomic E-state index is 11.4. The van der Waals surface area contributed by atoms with Gasteiger partial charge in [0.05, 0.1) is 5.56 Å². The molecule has 0 amide bonds. The van der Waals surface area contributed by atoms with E-state index in [0.717, 1.165) is 0 Å². The van der Waals surface area contributed by atoms with Gasteiger partial charge in [0.2, 0.25) is 0 Å². The second-order valence-electron chi connectivity index (χ2n) is 3.15. The molecule has 0 fully saturated rings. The van der Waals surface area contributed by atoms with E-state index in [0.29, 0.717) is 5.56 Å². The Kier molecular flexibility index (Phi) is 5.02. The Morgan fingerprint density at radius 3 is 2.75 bits per heavy atom. The van der Waals surface area contributed by atoms with Crippen molar-refractivity contribution in [3.63, 3.8) is 0 Å². The van der Waals surface area contributed by atoms with Crippen molar-refractivity contribution in [2.24, 2.45) is 0 Å². The lowest BCUT2D eigenvalue weighted by Crippen LogP contribution is -2.16. The van der Waals surface area contributed by atoms with Gasteiger partial charge in [0.15, 0.2) is 0 Å². The second-order valence-corrected chi connectivity index (χ2v) is 3.15. The van der Waals surface area contributed by atoms with Crippen molar-refractivity contribution < 1.29 is 14.6 Å². The van der Waals surface area contributed by atoms with E-state index < -0.39 is 12.1 Å². The van der Waals surface area contributed by atoms with E-state index in [9.17, 15) is 9.90 Å². The molecule has 1 atom stereocenters. The predicted octanol–water partition coefficient (Wildman–Crippen LogP) is 1.95. The van der Waals surface area contributed by atoms with Crippen LogP contribution in [0.4, 0.5) is 0 Å². The lowest BCUT2D eigenvalue weighted by atomic mass is 10.2. The molecule has 84 valence electrons. The molecular weight excluding hydrogens is 204 g/mol. The minimum Gasteiger partial charge on any atom is -0.459 e. The number of carbonyl (C=O) groups is 1. The average Bonchev–Trinajstić information content (AvgIpc) is 2.34. The van der Waals surface area contributed by atoms with E-state index >= 15 is 0 Å². The molecule has 1 N–H and O–H groups in total. The van der Waals surface area contributed by atoms with Gasteiger partial charge in [-0.1, -0.05) is 43.0 Å². The van der Waals surface area contributed by atoms with Crippen LogP contribution in [0.2, 0.25) is 0 Å². The summed E-state index contributed by atoms with van der Waals surface area (Å²) >= 11 is 0. The highest BCUT2D eigenvalue weighted by molar-refractivity contribution is 5.89. The van der Waals surface area contributed by atoms with Gasteiger partial charge in [-0.3, -0.25) is 0 Å². The summed E-state index contributed by atoms with van der Waals surface area (Å²) in [7, 11) is 0. The van der Waals surface area contributed by atoms with Gasteiger partial charge in [-0.05, 0) is 12.1 Å². The molecule has 16 heavy (non-hydrogen) atoms. The van der Waals surface area contributed by atoms with Gasteiger partial charge in [0, 0.05) is 0 Å². The summed E-state index contributed by atoms with van der Waals surface area (Å²) < 4.78 is 4.91. The van der Waals surface area contributed by atoms with Gasteiger partial charge in [0.1, 0.15) is 12.7 Å². The number of hydrogen-bond acceptors (Lipinski definition) is 3. The summed E-state index contributed by atoms with van der Waals surface area (Å²) in [5.74, 6) is -0.438. The third-order valence-electron chi connectivity index (χ3n) is 1.86. The van der Waals surface area contributed by atoms with Crippen LogP contribution in [0.1, 0.15) is 10.4 Å². The fourth-order valence-corrected chi connectivity index (χ4v) is 1.08. The van der Waals surface area contributed by atoms with E-state index in [1.54, 1.807) is 36.4 Å². The molecule has 0 aliphatic carbocycles. The van der Waals surface area contributed by atoms with Crippen LogP contribution >= 0.6 is 0 Å². The molecular formula is C13H14O3. The molecule has 0 heterocycles. The molecule has 0 saturated carbocycles. The minimum absolute atomic E-state index is 0.0575. The summed E-state index contributed by atoms with van der Waals surface area (Å²) in [5, 5.41) is 9.36. The number of aliphatic hydroxyl groups excluding tert-OH is 1. The summed E-state index contributed by atoms with van der Waals surface area (Å²) in [5.41, 5.74) is 0.474. The number of hydrogen-bond donors (Lipinski definition) is 1. The molecule has 3 nitrogen and oxygen atoms in total. The van der Waals surface area contributed by atoms with E-state index in [4.69, 9.17) is 4.74 Å². The van der Waals surface area contributed by atoms with E-state index in [2.05, 4.69) is 6.58 Å².